The third-order valence-electron chi connectivity index (χ3n) is 5.30. The molecule has 3 aromatic rings. The van der Waals surface area contributed by atoms with Crippen molar-refractivity contribution >= 4 is 5.97 Å². The SMILES string of the molecule is CCCc1c(C(F)(F)F)n(CCC)c(=O)n1Cc1ccc(-c2ccccc2C(=O)O)cc1. The molecule has 1 aromatic heterocycles. The van der Waals surface area contributed by atoms with Gasteiger partial charge in [0, 0.05) is 6.54 Å². The smallest absolute Gasteiger partial charge is 0.433 e. The average molecular weight is 446 g/mol. The Bertz CT molecular complexity index is 1160. The first-order chi connectivity index (χ1) is 15.2. The molecule has 5 nitrogen and oxygen atoms in total. The number of hydrogen-bond donors (Lipinski definition) is 1. The fourth-order valence-electron chi connectivity index (χ4n) is 3.93. The van der Waals surface area contributed by atoms with Crippen LogP contribution in [0.1, 0.15) is 54.0 Å². The van der Waals surface area contributed by atoms with Gasteiger partial charge in [0.25, 0.3) is 0 Å². The van der Waals surface area contributed by atoms with Crippen molar-refractivity contribution in [3.8, 4) is 11.1 Å². The van der Waals surface area contributed by atoms with Crippen molar-refractivity contribution in [3.63, 3.8) is 0 Å². The first kappa shape index (κ1) is 23.4. The van der Waals surface area contributed by atoms with Crippen LogP contribution in [0.4, 0.5) is 13.2 Å². The minimum Gasteiger partial charge on any atom is -0.478 e. The molecule has 2 aromatic carbocycles. The largest absolute Gasteiger partial charge is 0.478 e. The molecule has 0 bridgehead atoms. The van der Waals surface area contributed by atoms with Gasteiger partial charge in [0.15, 0.2) is 0 Å². The highest BCUT2D eigenvalue weighted by molar-refractivity contribution is 5.95. The zero-order valence-electron chi connectivity index (χ0n) is 17.9. The molecule has 0 saturated heterocycles. The summed E-state index contributed by atoms with van der Waals surface area (Å²) in [6.45, 7) is 3.52. The molecule has 3 rings (SSSR count). The monoisotopic (exact) mass is 446 g/mol. The number of nitrogens with zero attached hydrogens (tertiary/aromatic N) is 2. The highest BCUT2D eigenvalue weighted by Gasteiger charge is 2.40. The van der Waals surface area contributed by atoms with Gasteiger partial charge in [-0.25, -0.2) is 9.59 Å². The third-order valence-corrected chi connectivity index (χ3v) is 5.30. The van der Waals surface area contributed by atoms with Crippen molar-refractivity contribution in [1.29, 1.82) is 0 Å². The second-order valence-electron chi connectivity index (χ2n) is 7.61. The van der Waals surface area contributed by atoms with Crippen LogP contribution in [0.5, 0.6) is 0 Å². The molecule has 0 amide bonds. The molecule has 32 heavy (non-hydrogen) atoms. The van der Waals surface area contributed by atoms with Gasteiger partial charge in [-0.15, -0.1) is 0 Å². The summed E-state index contributed by atoms with van der Waals surface area (Å²) in [5.74, 6) is -1.04. The molecule has 0 unspecified atom stereocenters. The van der Waals surface area contributed by atoms with Gasteiger partial charge in [0.1, 0.15) is 5.69 Å². The van der Waals surface area contributed by atoms with Gasteiger partial charge in [0.05, 0.1) is 17.8 Å². The number of halogens is 3. The van der Waals surface area contributed by atoms with E-state index in [4.69, 9.17) is 0 Å². The Morgan fingerprint density at radius 2 is 1.62 bits per heavy atom. The number of benzene rings is 2. The van der Waals surface area contributed by atoms with E-state index >= 15 is 0 Å². The van der Waals surface area contributed by atoms with Gasteiger partial charge >= 0.3 is 17.8 Å². The van der Waals surface area contributed by atoms with E-state index in [-0.39, 0.29) is 30.8 Å². The Labute approximate surface area is 183 Å². The van der Waals surface area contributed by atoms with Crippen molar-refractivity contribution in [2.75, 3.05) is 0 Å². The van der Waals surface area contributed by atoms with E-state index < -0.39 is 23.5 Å². The van der Waals surface area contributed by atoms with Crippen LogP contribution < -0.4 is 5.69 Å². The van der Waals surface area contributed by atoms with Crippen LogP contribution in [-0.4, -0.2) is 20.2 Å². The number of aromatic carboxylic acids is 1. The molecule has 0 saturated carbocycles. The molecule has 8 heteroatoms. The molecular weight excluding hydrogens is 421 g/mol. The van der Waals surface area contributed by atoms with E-state index in [0.717, 1.165) is 4.57 Å². The Morgan fingerprint density at radius 3 is 2.19 bits per heavy atom. The molecule has 0 fully saturated rings. The zero-order chi connectivity index (χ0) is 23.5. The van der Waals surface area contributed by atoms with E-state index in [1.165, 1.54) is 10.6 Å². The van der Waals surface area contributed by atoms with E-state index in [0.29, 0.717) is 29.5 Å². The molecule has 1 heterocycles. The number of rotatable bonds is 8. The quantitative estimate of drug-likeness (QED) is 0.501. The summed E-state index contributed by atoms with van der Waals surface area (Å²) in [7, 11) is 0. The van der Waals surface area contributed by atoms with Gasteiger partial charge in [-0.05, 0) is 35.6 Å². The summed E-state index contributed by atoms with van der Waals surface area (Å²) < 4.78 is 43.5. The summed E-state index contributed by atoms with van der Waals surface area (Å²) in [6.07, 6.45) is -3.58. The number of carboxylic acid groups (broad SMARTS) is 1. The lowest BCUT2D eigenvalue weighted by atomic mass is 9.99. The van der Waals surface area contributed by atoms with Crippen LogP contribution >= 0.6 is 0 Å². The highest BCUT2D eigenvalue weighted by atomic mass is 19.4. The van der Waals surface area contributed by atoms with Crippen molar-refractivity contribution in [1.82, 2.24) is 9.13 Å². The number of carboxylic acids is 1. The van der Waals surface area contributed by atoms with E-state index in [1.807, 2.05) is 0 Å². The number of hydrogen-bond acceptors (Lipinski definition) is 2. The van der Waals surface area contributed by atoms with Gasteiger partial charge in [-0.2, -0.15) is 13.2 Å². The summed E-state index contributed by atoms with van der Waals surface area (Å²) in [4.78, 5) is 24.4. The van der Waals surface area contributed by atoms with Gasteiger partial charge in [0.2, 0.25) is 0 Å². The molecule has 0 aliphatic heterocycles. The molecule has 0 aliphatic carbocycles. The lowest BCUT2D eigenvalue weighted by molar-refractivity contribution is -0.144. The van der Waals surface area contributed by atoms with Crippen molar-refractivity contribution in [3.05, 3.63) is 81.5 Å². The maximum absolute atomic E-state index is 13.8. The molecule has 1 N–H and O–H groups in total. The zero-order valence-corrected chi connectivity index (χ0v) is 17.9. The lowest BCUT2D eigenvalue weighted by Crippen LogP contribution is -2.27. The number of alkyl halides is 3. The fraction of sp³-hybridized carbons (Fsp3) is 0.333. The van der Waals surface area contributed by atoms with Crippen LogP contribution in [0, 0.1) is 0 Å². The number of aromatic nitrogens is 2. The number of carbonyl (C=O) groups is 1. The van der Waals surface area contributed by atoms with Crippen LogP contribution in [0.25, 0.3) is 11.1 Å². The minimum absolute atomic E-state index is 0.00116. The van der Waals surface area contributed by atoms with Crippen LogP contribution in [0.15, 0.2) is 53.3 Å². The molecule has 0 aliphatic rings. The lowest BCUT2D eigenvalue weighted by Gasteiger charge is -2.13. The average Bonchev–Trinajstić information content (AvgIpc) is 3.00. The topological polar surface area (TPSA) is 64.2 Å². The van der Waals surface area contributed by atoms with E-state index in [9.17, 15) is 27.9 Å². The minimum atomic E-state index is -4.62. The Hall–Kier alpha value is -3.29. The molecule has 0 atom stereocenters. The Balaban J connectivity index is 2.03. The van der Waals surface area contributed by atoms with Crippen molar-refractivity contribution in [2.24, 2.45) is 0 Å². The molecular formula is C24H25F3N2O3. The normalized spacial score (nSPS) is 11.7. The maximum atomic E-state index is 13.8. The summed E-state index contributed by atoms with van der Waals surface area (Å²) >= 11 is 0. The standard InChI is InChI=1S/C24H25F3N2O3/c1-3-7-20-21(24(25,26)27)28(14-4-2)23(32)29(20)15-16-10-12-17(13-11-16)18-8-5-6-9-19(18)22(30)31/h5-6,8-13H,3-4,7,14-15H2,1-2H3,(H,30,31). The van der Waals surface area contributed by atoms with Gasteiger partial charge < -0.3 is 5.11 Å². The highest BCUT2D eigenvalue weighted by Crippen LogP contribution is 2.33. The van der Waals surface area contributed by atoms with Crippen molar-refractivity contribution < 1.29 is 23.1 Å². The first-order valence-corrected chi connectivity index (χ1v) is 10.5. The summed E-state index contributed by atoms with van der Waals surface area (Å²) in [5, 5.41) is 9.39. The predicted molar refractivity (Wildman–Crippen MR) is 116 cm³/mol. The first-order valence-electron chi connectivity index (χ1n) is 10.5. The van der Waals surface area contributed by atoms with E-state index in [2.05, 4.69) is 0 Å². The fourth-order valence-corrected chi connectivity index (χ4v) is 3.93. The third kappa shape index (κ3) is 4.64. The molecule has 0 spiro atoms. The van der Waals surface area contributed by atoms with Gasteiger partial charge in [-0.3, -0.25) is 9.13 Å². The van der Waals surface area contributed by atoms with Crippen LogP contribution in [0.2, 0.25) is 0 Å². The van der Waals surface area contributed by atoms with Crippen LogP contribution in [-0.2, 0) is 25.7 Å². The van der Waals surface area contributed by atoms with Gasteiger partial charge in [-0.1, -0.05) is 62.7 Å². The maximum Gasteiger partial charge on any atom is 0.433 e. The summed E-state index contributed by atoms with van der Waals surface area (Å²) in [6, 6.07) is 13.4. The molecule has 0 radical (unpaired) electrons. The summed E-state index contributed by atoms with van der Waals surface area (Å²) in [5.41, 5.74) is 0.507. The Kier molecular flexibility index (Phi) is 6.91. The Morgan fingerprint density at radius 1 is 0.969 bits per heavy atom. The van der Waals surface area contributed by atoms with Crippen LogP contribution in [0.3, 0.4) is 0 Å². The van der Waals surface area contributed by atoms with Crippen molar-refractivity contribution in [2.45, 2.75) is 52.4 Å². The second kappa shape index (κ2) is 9.46. The predicted octanol–water partition coefficient (Wildman–Crippen LogP) is 5.44. The van der Waals surface area contributed by atoms with E-state index in [1.54, 1.807) is 56.3 Å². The molecule has 170 valence electrons. The second-order valence-corrected chi connectivity index (χ2v) is 7.61. The number of imidazole rings is 1.